The zero-order valence-electron chi connectivity index (χ0n) is 15.4. The Morgan fingerprint density at radius 2 is 1.77 bits per heavy atom. The molecular formula is C21H29ClN2O2. The molecule has 142 valence electrons. The summed E-state index contributed by atoms with van der Waals surface area (Å²) in [5.41, 5.74) is 8.45. The average molecular weight is 377 g/mol. The van der Waals surface area contributed by atoms with Crippen molar-refractivity contribution in [2.45, 2.75) is 45.6 Å². The van der Waals surface area contributed by atoms with Gasteiger partial charge in [-0.3, -0.25) is 4.79 Å². The molecule has 1 amide bonds. The fourth-order valence-electron chi connectivity index (χ4n) is 2.60. The van der Waals surface area contributed by atoms with E-state index in [-0.39, 0.29) is 18.3 Å². The highest BCUT2D eigenvalue weighted by molar-refractivity contribution is 5.91. The second-order valence-corrected chi connectivity index (χ2v) is 6.25. The van der Waals surface area contributed by atoms with Crippen molar-refractivity contribution in [2.24, 2.45) is 5.73 Å². The van der Waals surface area contributed by atoms with Crippen molar-refractivity contribution in [3.8, 4) is 5.75 Å². The van der Waals surface area contributed by atoms with Gasteiger partial charge in [-0.05, 0) is 55.6 Å². The van der Waals surface area contributed by atoms with E-state index < -0.39 is 0 Å². The third-order valence-corrected chi connectivity index (χ3v) is 4.08. The highest BCUT2D eigenvalue weighted by Crippen LogP contribution is 2.22. The van der Waals surface area contributed by atoms with Crippen LogP contribution < -0.4 is 15.8 Å². The van der Waals surface area contributed by atoms with E-state index in [1.165, 1.54) is 0 Å². The van der Waals surface area contributed by atoms with Crippen LogP contribution >= 0.6 is 12.4 Å². The van der Waals surface area contributed by atoms with Gasteiger partial charge in [-0.2, -0.15) is 0 Å². The number of nitrogens with two attached hydrogens (primary N) is 1. The van der Waals surface area contributed by atoms with Crippen molar-refractivity contribution in [2.75, 3.05) is 11.9 Å². The van der Waals surface area contributed by atoms with Gasteiger partial charge in [-0.1, -0.05) is 43.2 Å². The number of rotatable bonds is 10. The quantitative estimate of drug-likeness (QED) is 0.583. The number of ether oxygens (including phenoxy) is 1. The van der Waals surface area contributed by atoms with E-state index in [9.17, 15) is 4.79 Å². The normalized spacial score (nSPS) is 10.1. The van der Waals surface area contributed by atoms with Gasteiger partial charge in [0, 0.05) is 12.1 Å². The second-order valence-electron chi connectivity index (χ2n) is 6.25. The summed E-state index contributed by atoms with van der Waals surface area (Å²) in [5, 5.41) is 2.98. The van der Waals surface area contributed by atoms with Crippen molar-refractivity contribution in [1.82, 2.24) is 0 Å². The highest BCUT2D eigenvalue weighted by Gasteiger charge is 2.06. The minimum atomic E-state index is 0. The van der Waals surface area contributed by atoms with Crippen molar-refractivity contribution < 1.29 is 9.53 Å². The van der Waals surface area contributed by atoms with Gasteiger partial charge in [-0.25, -0.2) is 0 Å². The van der Waals surface area contributed by atoms with Gasteiger partial charge in [0.05, 0.1) is 0 Å². The molecule has 0 aromatic heterocycles. The molecule has 0 bridgehead atoms. The minimum absolute atomic E-state index is 0. The number of aryl methyl sites for hydroxylation is 1. The van der Waals surface area contributed by atoms with Crippen LogP contribution in [0.25, 0.3) is 0 Å². The van der Waals surface area contributed by atoms with E-state index in [2.05, 4.69) is 5.32 Å². The maximum atomic E-state index is 12.0. The summed E-state index contributed by atoms with van der Waals surface area (Å²) in [6.07, 6.45) is 4.64. The number of carbonyl (C=O) groups is 1. The second kappa shape index (κ2) is 12.3. The molecule has 0 aliphatic heterocycles. The molecule has 26 heavy (non-hydrogen) atoms. The predicted molar refractivity (Wildman–Crippen MR) is 110 cm³/mol. The Morgan fingerprint density at radius 1 is 1.04 bits per heavy atom. The van der Waals surface area contributed by atoms with Crippen molar-refractivity contribution in [3.63, 3.8) is 0 Å². The molecule has 0 saturated carbocycles. The minimum Gasteiger partial charge on any atom is -0.489 e. The Morgan fingerprint density at radius 3 is 2.46 bits per heavy atom. The summed E-state index contributed by atoms with van der Waals surface area (Å²) in [6.45, 7) is 3.24. The van der Waals surface area contributed by atoms with Crippen LogP contribution in [0.3, 0.4) is 0 Å². The summed E-state index contributed by atoms with van der Waals surface area (Å²) in [5.74, 6) is 0.870. The van der Waals surface area contributed by atoms with Crippen LogP contribution in [0.4, 0.5) is 5.69 Å². The fourth-order valence-corrected chi connectivity index (χ4v) is 2.60. The Bertz CT molecular complexity index is 662. The summed E-state index contributed by atoms with van der Waals surface area (Å²) in [4.78, 5) is 12.0. The molecule has 0 spiro atoms. The molecule has 0 heterocycles. The van der Waals surface area contributed by atoms with Crippen LogP contribution in [-0.4, -0.2) is 12.5 Å². The lowest BCUT2D eigenvalue weighted by Gasteiger charge is -2.11. The Kier molecular flexibility index (Phi) is 10.4. The maximum Gasteiger partial charge on any atom is 0.224 e. The molecule has 2 aromatic rings. The van der Waals surface area contributed by atoms with Crippen LogP contribution in [0.2, 0.25) is 0 Å². The summed E-state index contributed by atoms with van der Waals surface area (Å²) < 4.78 is 5.81. The SMILES string of the molecule is Cc1cc(OCc2ccccc2)ccc1NC(=O)CCCCCCN.Cl. The van der Waals surface area contributed by atoms with Gasteiger partial charge in [0.1, 0.15) is 12.4 Å². The van der Waals surface area contributed by atoms with E-state index >= 15 is 0 Å². The van der Waals surface area contributed by atoms with Gasteiger partial charge in [0.25, 0.3) is 0 Å². The zero-order valence-corrected chi connectivity index (χ0v) is 16.2. The lowest BCUT2D eigenvalue weighted by Crippen LogP contribution is -2.12. The lowest BCUT2D eigenvalue weighted by molar-refractivity contribution is -0.116. The smallest absolute Gasteiger partial charge is 0.224 e. The number of carbonyl (C=O) groups excluding carboxylic acids is 1. The molecular weight excluding hydrogens is 348 g/mol. The predicted octanol–water partition coefficient (Wildman–Crippen LogP) is 4.84. The Balaban J connectivity index is 0.00000338. The lowest BCUT2D eigenvalue weighted by atomic mass is 10.1. The summed E-state index contributed by atoms with van der Waals surface area (Å²) in [7, 11) is 0. The number of amides is 1. The molecule has 0 aliphatic carbocycles. The first-order valence-corrected chi connectivity index (χ1v) is 8.96. The number of halogens is 1. The van der Waals surface area contributed by atoms with E-state index in [0.29, 0.717) is 13.0 Å². The maximum absolute atomic E-state index is 12.0. The molecule has 2 aromatic carbocycles. The topological polar surface area (TPSA) is 64.3 Å². The van der Waals surface area contributed by atoms with E-state index in [1.807, 2.05) is 55.5 Å². The monoisotopic (exact) mass is 376 g/mol. The molecule has 0 saturated heterocycles. The average Bonchev–Trinajstić information content (AvgIpc) is 2.63. The number of nitrogens with one attached hydrogen (secondary N) is 1. The summed E-state index contributed by atoms with van der Waals surface area (Å²) >= 11 is 0. The molecule has 2 rings (SSSR count). The molecule has 0 fully saturated rings. The molecule has 0 unspecified atom stereocenters. The molecule has 0 radical (unpaired) electrons. The zero-order chi connectivity index (χ0) is 17.9. The van der Waals surface area contributed by atoms with E-state index in [1.54, 1.807) is 0 Å². The van der Waals surface area contributed by atoms with Crippen LogP contribution in [0.15, 0.2) is 48.5 Å². The first-order chi connectivity index (χ1) is 12.2. The molecule has 4 nitrogen and oxygen atoms in total. The van der Waals surface area contributed by atoms with E-state index in [4.69, 9.17) is 10.5 Å². The Labute approximate surface area is 162 Å². The largest absolute Gasteiger partial charge is 0.489 e. The molecule has 0 atom stereocenters. The number of unbranched alkanes of at least 4 members (excludes halogenated alkanes) is 3. The summed E-state index contributed by atoms with van der Waals surface area (Å²) in [6, 6.07) is 15.8. The van der Waals surface area contributed by atoms with Gasteiger partial charge in [0.2, 0.25) is 5.91 Å². The Hall–Kier alpha value is -2.04. The number of hydrogen-bond donors (Lipinski definition) is 2. The van der Waals surface area contributed by atoms with Gasteiger partial charge < -0.3 is 15.8 Å². The van der Waals surface area contributed by atoms with Gasteiger partial charge in [0.15, 0.2) is 0 Å². The molecule has 3 N–H and O–H groups in total. The molecule has 0 aliphatic rings. The number of hydrogen-bond acceptors (Lipinski definition) is 3. The molecule has 5 heteroatoms. The first-order valence-electron chi connectivity index (χ1n) is 8.96. The van der Waals surface area contributed by atoms with Gasteiger partial charge >= 0.3 is 0 Å². The van der Waals surface area contributed by atoms with Crippen LogP contribution in [-0.2, 0) is 11.4 Å². The van der Waals surface area contributed by atoms with Crippen molar-refractivity contribution >= 4 is 24.0 Å². The third-order valence-electron chi connectivity index (χ3n) is 4.08. The third kappa shape index (κ3) is 7.89. The fraction of sp³-hybridized carbons (Fsp3) is 0.381. The van der Waals surface area contributed by atoms with E-state index in [0.717, 1.165) is 54.8 Å². The van der Waals surface area contributed by atoms with Crippen molar-refractivity contribution in [1.29, 1.82) is 0 Å². The highest BCUT2D eigenvalue weighted by atomic mass is 35.5. The number of benzene rings is 2. The first kappa shape index (κ1) is 22.0. The van der Waals surface area contributed by atoms with Crippen LogP contribution in [0, 0.1) is 6.92 Å². The van der Waals surface area contributed by atoms with Gasteiger partial charge in [-0.15, -0.1) is 12.4 Å². The van der Waals surface area contributed by atoms with Crippen LogP contribution in [0.1, 0.15) is 43.2 Å². The number of anilines is 1. The van der Waals surface area contributed by atoms with Crippen molar-refractivity contribution in [3.05, 3.63) is 59.7 Å². The van der Waals surface area contributed by atoms with Crippen LogP contribution in [0.5, 0.6) is 5.75 Å². The standard InChI is InChI=1S/C21H28N2O2.ClH/c1-17-15-19(25-16-18-9-5-4-6-10-18)12-13-20(17)23-21(24)11-7-2-3-8-14-22;/h4-6,9-10,12-13,15H,2-3,7-8,11,14,16,22H2,1H3,(H,23,24);1H.